The maximum atomic E-state index is 6.09. The number of aromatic nitrogens is 3. The molecule has 0 amide bonds. The third-order valence-corrected chi connectivity index (χ3v) is 5.54. The third-order valence-electron chi connectivity index (χ3n) is 5.30. The summed E-state index contributed by atoms with van der Waals surface area (Å²) in [6.07, 6.45) is 1.79. The van der Waals surface area contributed by atoms with Gasteiger partial charge < -0.3 is 15.5 Å². The van der Waals surface area contributed by atoms with Crippen molar-refractivity contribution in [2.45, 2.75) is 27.3 Å². The number of anilines is 4. The molecule has 2 N–H and O–H groups in total. The fraction of sp³-hybridized carbons (Fsp3) is 0.240. The van der Waals surface area contributed by atoms with E-state index in [1.165, 1.54) is 5.56 Å². The number of pyridine rings is 1. The number of halogens is 1. The summed E-state index contributed by atoms with van der Waals surface area (Å²) in [5, 5.41) is 8.62. The lowest BCUT2D eigenvalue weighted by molar-refractivity contribution is 0.816. The number of hydrogen-bond acceptors (Lipinski definition) is 6. The number of hydrogen-bond donors (Lipinski definition) is 2. The van der Waals surface area contributed by atoms with Crippen LogP contribution in [-0.2, 0) is 6.54 Å². The Hall–Kier alpha value is -3.38. The summed E-state index contributed by atoms with van der Waals surface area (Å²) in [4.78, 5) is 15.8. The van der Waals surface area contributed by atoms with E-state index in [-0.39, 0.29) is 0 Å². The van der Waals surface area contributed by atoms with Crippen LogP contribution in [0.5, 0.6) is 0 Å². The van der Waals surface area contributed by atoms with Crippen molar-refractivity contribution in [1.29, 1.82) is 0 Å². The van der Waals surface area contributed by atoms with Gasteiger partial charge in [0.05, 0.1) is 5.52 Å². The highest BCUT2D eigenvalue weighted by Gasteiger charge is 2.08. The summed E-state index contributed by atoms with van der Waals surface area (Å²) in [6.45, 7) is 8.67. The van der Waals surface area contributed by atoms with Gasteiger partial charge in [-0.15, -0.1) is 0 Å². The van der Waals surface area contributed by atoms with Crippen LogP contribution in [0.25, 0.3) is 10.9 Å². The summed E-state index contributed by atoms with van der Waals surface area (Å²) >= 11 is 6.09. The maximum absolute atomic E-state index is 6.09. The number of aryl methyl sites for hydroxylation is 1. The van der Waals surface area contributed by atoms with E-state index in [4.69, 9.17) is 11.6 Å². The zero-order valence-electron chi connectivity index (χ0n) is 18.6. The molecule has 0 unspecified atom stereocenters. The average Bonchev–Trinajstić information content (AvgIpc) is 2.79. The van der Waals surface area contributed by atoms with Gasteiger partial charge in [-0.25, -0.2) is 4.98 Å². The molecule has 4 aromatic rings. The number of nitrogens with one attached hydrogen (secondary N) is 2. The van der Waals surface area contributed by atoms with Crippen molar-refractivity contribution in [3.05, 3.63) is 77.1 Å². The molecule has 6 nitrogen and oxygen atoms in total. The summed E-state index contributed by atoms with van der Waals surface area (Å²) in [5.41, 5.74) is 5.00. The monoisotopic (exact) mass is 446 g/mol. The van der Waals surface area contributed by atoms with Gasteiger partial charge in [0.2, 0.25) is 5.95 Å². The molecule has 0 spiro atoms. The molecule has 0 saturated heterocycles. The van der Waals surface area contributed by atoms with E-state index in [0.717, 1.165) is 52.8 Å². The smallest absolute Gasteiger partial charge is 0.227 e. The Kier molecular flexibility index (Phi) is 6.71. The lowest BCUT2D eigenvalue weighted by Gasteiger charge is -2.19. The van der Waals surface area contributed by atoms with E-state index in [2.05, 4.69) is 68.6 Å². The molecule has 0 saturated carbocycles. The highest BCUT2D eigenvalue weighted by atomic mass is 35.5. The zero-order chi connectivity index (χ0) is 22.5. The molecule has 2 aromatic heterocycles. The van der Waals surface area contributed by atoms with E-state index in [0.29, 0.717) is 11.6 Å². The summed E-state index contributed by atoms with van der Waals surface area (Å²) in [5.74, 6) is 1.60. The van der Waals surface area contributed by atoms with Gasteiger partial charge in [0.25, 0.3) is 0 Å². The van der Waals surface area contributed by atoms with Gasteiger partial charge in [-0.3, -0.25) is 4.98 Å². The molecule has 164 valence electrons. The quantitative estimate of drug-likeness (QED) is 0.336. The number of nitrogens with zero attached hydrogens (tertiary/aromatic N) is 4. The first-order chi connectivity index (χ1) is 15.6. The molecule has 2 heterocycles. The molecule has 7 heteroatoms. The molecular weight excluding hydrogens is 420 g/mol. The van der Waals surface area contributed by atoms with Crippen molar-refractivity contribution >= 4 is 45.6 Å². The largest absolute Gasteiger partial charge is 0.366 e. The van der Waals surface area contributed by atoms with Crippen molar-refractivity contribution < 1.29 is 0 Å². The first-order valence-electron chi connectivity index (χ1n) is 10.8. The minimum atomic E-state index is 0.683. The predicted octanol–water partition coefficient (Wildman–Crippen LogP) is 6.19. The highest BCUT2D eigenvalue weighted by molar-refractivity contribution is 6.31. The van der Waals surface area contributed by atoms with Gasteiger partial charge in [-0.05, 0) is 62.7 Å². The lowest BCUT2D eigenvalue weighted by atomic mass is 10.1. The molecule has 0 bridgehead atoms. The predicted molar refractivity (Wildman–Crippen MR) is 134 cm³/mol. The van der Waals surface area contributed by atoms with Crippen LogP contribution in [0.1, 0.15) is 25.1 Å². The van der Waals surface area contributed by atoms with Gasteiger partial charge in [0.1, 0.15) is 5.82 Å². The Morgan fingerprint density at radius 2 is 1.72 bits per heavy atom. The summed E-state index contributed by atoms with van der Waals surface area (Å²) in [7, 11) is 0. The van der Waals surface area contributed by atoms with Crippen molar-refractivity contribution in [1.82, 2.24) is 15.0 Å². The topological polar surface area (TPSA) is 66.0 Å². The van der Waals surface area contributed by atoms with E-state index >= 15 is 0 Å². The molecule has 0 atom stereocenters. The van der Waals surface area contributed by atoms with Crippen molar-refractivity contribution in [3.8, 4) is 0 Å². The number of benzene rings is 2. The highest BCUT2D eigenvalue weighted by Crippen LogP contribution is 2.27. The van der Waals surface area contributed by atoms with Gasteiger partial charge in [-0.2, -0.15) is 4.98 Å². The maximum Gasteiger partial charge on any atom is 0.227 e. The zero-order valence-corrected chi connectivity index (χ0v) is 19.3. The molecule has 0 aliphatic heterocycles. The van der Waals surface area contributed by atoms with Gasteiger partial charge in [0, 0.05) is 59.4 Å². The summed E-state index contributed by atoms with van der Waals surface area (Å²) < 4.78 is 0. The van der Waals surface area contributed by atoms with Crippen molar-refractivity contribution in [2.75, 3.05) is 28.6 Å². The Labute approximate surface area is 193 Å². The molecule has 0 fully saturated rings. The molecule has 2 aromatic carbocycles. The first kappa shape index (κ1) is 21.8. The number of rotatable bonds is 8. The SMILES string of the molecule is CCN(CC)c1nc(C)cc(NCc2ccc(Nc3ccnc4cc(Cl)ccc34)cc2)n1. The van der Waals surface area contributed by atoms with E-state index in [9.17, 15) is 0 Å². The Bertz CT molecular complexity index is 1200. The van der Waals surface area contributed by atoms with Crippen LogP contribution >= 0.6 is 11.6 Å². The number of fused-ring (bicyclic) bond motifs is 1. The Balaban J connectivity index is 1.44. The van der Waals surface area contributed by atoms with E-state index in [1.54, 1.807) is 6.20 Å². The molecule has 0 aliphatic rings. The van der Waals surface area contributed by atoms with Crippen LogP contribution in [-0.4, -0.2) is 28.0 Å². The van der Waals surface area contributed by atoms with Crippen LogP contribution < -0.4 is 15.5 Å². The van der Waals surface area contributed by atoms with Gasteiger partial charge >= 0.3 is 0 Å². The van der Waals surface area contributed by atoms with Crippen LogP contribution in [0.15, 0.2) is 60.8 Å². The van der Waals surface area contributed by atoms with Crippen molar-refractivity contribution in [3.63, 3.8) is 0 Å². The fourth-order valence-electron chi connectivity index (χ4n) is 3.58. The summed E-state index contributed by atoms with van der Waals surface area (Å²) in [6, 6.07) is 18.0. The van der Waals surface area contributed by atoms with Gasteiger partial charge in [0.15, 0.2) is 0 Å². The van der Waals surface area contributed by atoms with Crippen LogP contribution in [0, 0.1) is 6.92 Å². The first-order valence-corrected chi connectivity index (χ1v) is 11.2. The fourth-order valence-corrected chi connectivity index (χ4v) is 3.74. The second-order valence-electron chi connectivity index (χ2n) is 7.56. The van der Waals surface area contributed by atoms with Gasteiger partial charge in [-0.1, -0.05) is 23.7 Å². The standard InChI is InChI=1S/C25H27ClN6/c1-4-32(5-2)25-29-17(3)14-24(31-25)28-16-18-6-9-20(10-7-18)30-22-12-13-27-23-15-19(26)8-11-21(22)23/h6-15H,4-5,16H2,1-3H3,(H,27,30)(H,28,29,31). The Morgan fingerprint density at radius 1 is 0.938 bits per heavy atom. The van der Waals surface area contributed by atoms with Crippen LogP contribution in [0.3, 0.4) is 0 Å². The van der Waals surface area contributed by atoms with Crippen molar-refractivity contribution in [2.24, 2.45) is 0 Å². The van der Waals surface area contributed by atoms with Crippen LogP contribution in [0.2, 0.25) is 5.02 Å². The normalized spacial score (nSPS) is 10.9. The minimum absolute atomic E-state index is 0.683. The second-order valence-corrected chi connectivity index (χ2v) is 8.00. The Morgan fingerprint density at radius 3 is 2.47 bits per heavy atom. The molecular formula is C25H27ClN6. The third kappa shape index (κ3) is 5.08. The van der Waals surface area contributed by atoms with E-state index < -0.39 is 0 Å². The average molecular weight is 447 g/mol. The molecule has 0 radical (unpaired) electrons. The molecule has 32 heavy (non-hydrogen) atoms. The second kappa shape index (κ2) is 9.83. The van der Waals surface area contributed by atoms with E-state index in [1.807, 2.05) is 37.3 Å². The molecule has 4 rings (SSSR count). The lowest BCUT2D eigenvalue weighted by Crippen LogP contribution is -2.24. The minimum Gasteiger partial charge on any atom is -0.366 e. The molecule has 0 aliphatic carbocycles. The van der Waals surface area contributed by atoms with Crippen LogP contribution in [0.4, 0.5) is 23.1 Å².